The summed E-state index contributed by atoms with van der Waals surface area (Å²) in [6.07, 6.45) is 0. The summed E-state index contributed by atoms with van der Waals surface area (Å²) in [5.74, 6) is -0.247. The number of benzene rings is 3. The van der Waals surface area contributed by atoms with Crippen LogP contribution in [-0.2, 0) is 17.5 Å². The van der Waals surface area contributed by atoms with Crippen LogP contribution in [0.3, 0.4) is 0 Å². The highest BCUT2D eigenvalue weighted by Gasteiger charge is 2.10. The van der Waals surface area contributed by atoms with Crippen molar-refractivity contribution in [3.05, 3.63) is 88.7 Å². The van der Waals surface area contributed by atoms with Crippen molar-refractivity contribution in [3.63, 3.8) is 0 Å². The van der Waals surface area contributed by atoms with Gasteiger partial charge in [0.15, 0.2) is 0 Å². The number of fused-ring (bicyclic) bond motifs is 1. The lowest BCUT2D eigenvalue weighted by Gasteiger charge is -2.10. The van der Waals surface area contributed by atoms with E-state index in [1.165, 1.54) is 12.1 Å². The van der Waals surface area contributed by atoms with Crippen LogP contribution in [0.15, 0.2) is 71.8 Å². The molecule has 0 amide bonds. The SMILES string of the molecule is Cc1cc(-c2ccc(F)cc2)ccc1CNS(=O)c1cc2cc(Cl)ccc2[nH]1. The third-order valence-electron chi connectivity index (χ3n) is 4.67. The van der Waals surface area contributed by atoms with E-state index in [2.05, 4.69) is 15.8 Å². The van der Waals surface area contributed by atoms with Crippen molar-refractivity contribution < 1.29 is 8.60 Å². The fourth-order valence-electron chi connectivity index (χ4n) is 3.11. The molecule has 3 aromatic carbocycles. The number of aromatic nitrogens is 1. The molecular weight excluding hydrogens is 395 g/mol. The summed E-state index contributed by atoms with van der Waals surface area (Å²) in [6.45, 7) is 2.48. The van der Waals surface area contributed by atoms with E-state index < -0.39 is 11.0 Å². The van der Waals surface area contributed by atoms with Crippen LogP contribution in [0.5, 0.6) is 0 Å². The van der Waals surface area contributed by atoms with Gasteiger partial charge in [0, 0.05) is 22.5 Å². The summed E-state index contributed by atoms with van der Waals surface area (Å²) >= 11 is 6.01. The molecule has 0 aliphatic rings. The van der Waals surface area contributed by atoms with Gasteiger partial charge in [-0.1, -0.05) is 41.9 Å². The van der Waals surface area contributed by atoms with Gasteiger partial charge in [0.1, 0.15) is 21.8 Å². The first-order valence-corrected chi connectivity index (χ1v) is 10.3. The quantitative estimate of drug-likeness (QED) is 0.430. The van der Waals surface area contributed by atoms with Crippen molar-refractivity contribution >= 4 is 33.5 Å². The molecule has 4 rings (SSSR count). The third kappa shape index (κ3) is 4.02. The molecule has 28 heavy (non-hydrogen) atoms. The number of aromatic amines is 1. The number of H-pyrrole nitrogens is 1. The zero-order chi connectivity index (χ0) is 19.7. The number of aryl methyl sites for hydroxylation is 1. The van der Waals surface area contributed by atoms with Gasteiger partial charge in [-0.3, -0.25) is 0 Å². The lowest BCUT2D eigenvalue weighted by Crippen LogP contribution is -2.17. The summed E-state index contributed by atoms with van der Waals surface area (Å²) in [5.41, 5.74) is 5.02. The first-order valence-electron chi connectivity index (χ1n) is 8.78. The molecule has 3 nitrogen and oxygen atoms in total. The maximum Gasteiger partial charge on any atom is 0.142 e. The van der Waals surface area contributed by atoms with E-state index in [1.54, 1.807) is 18.2 Å². The lowest BCUT2D eigenvalue weighted by atomic mass is 10.00. The predicted molar refractivity (Wildman–Crippen MR) is 113 cm³/mol. The Bertz CT molecular complexity index is 1170. The first kappa shape index (κ1) is 18.9. The van der Waals surface area contributed by atoms with Crippen molar-refractivity contribution in [3.8, 4) is 11.1 Å². The monoisotopic (exact) mass is 412 g/mol. The maximum atomic E-state index is 13.1. The van der Waals surface area contributed by atoms with Gasteiger partial charge in [-0.25, -0.2) is 13.3 Å². The van der Waals surface area contributed by atoms with Crippen molar-refractivity contribution in [2.24, 2.45) is 0 Å². The van der Waals surface area contributed by atoms with Crippen LogP contribution >= 0.6 is 11.6 Å². The van der Waals surface area contributed by atoms with Gasteiger partial charge in [0.05, 0.1) is 0 Å². The number of hydrogen-bond donors (Lipinski definition) is 2. The fraction of sp³-hybridized carbons (Fsp3) is 0.0909. The second kappa shape index (κ2) is 7.87. The van der Waals surface area contributed by atoms with E-state index in [-0.39, 0.29) is 5.82 Å². The van der Waals surface area contributed by atoms with Crippen molar-refractivity contribution in [2.45, 2.75) is 18.5 Å². The zero-order valence-electron chi connectivity index (χ0n) is 15.1. The van der Waals surface area contributed by atoms with Gasteiger partial charge < -0.3 is 4.98 Å². The molecule has 1 heterocycles. The molecule has 0 bridgehead atoms. The largest absolute Gasteiger partial charge is 0.347 e. The van der Waals surface area contributed by atoms with E-state index >= 15 is 0 Å². The number of rotatable bonds is 5. The highest BCUT2D eigenvalue weighted by molar-refractivity contribution is 7.83. The van der Waals surface area contributed by atoms with Crippen LogP contribution in [0, 0.1) is 12.7 Å². The Morgan fingerprint density at radius 1 is 1.00 bits per heavy atom. The summed E-state index contributed by atoms with van der Waals surface area (Å²) < 4.78 is 28.8. The Morgan fingerprint density at radius 3 is 2.50 bits per heavy atom. The summed E-state index contributed by atoms with van der Waals surface area (Å²) in [5, 5.41) is 2.18. The van der Waals surface area contributed by atoms with E-state index in [4.69, 9.17) is 11.6 Å². The van der Waals surface area contributed by atoms with Crippen LogP contribution in [-0.4, -0.2) is 9.19 Å². The highest BCUT2D eigenvalue weighted by atomic mass is 35.5. The topological polar surface area (TPSA) is 44.9 Å². The van der Waals surface area contributed by atoms with Crippen molar-refractivity contribution in [1.29, 1.82) is 0 Å². The van der Waals surface area contributed by atoms with E-state index in [1.807, 2.05) is 37.3 Å². The van der Waals surface area contributed by atoms with Crippen LogP contribution in [0.2, 0.25) is 5.02 Å². The summed E-state index contributed by atoms with van der Waals surface area (Å²) in [4.78, 5) is 3.16. The molecule has 6 heteroatoms. The molecular formula is C22H18ClFN2OS. The fourth-order valence-corrected chi connectivity index (χ4v) is 4.17. The minimum atomic E-state index is -1.37. The number of hydrogen-bond acceptors (Lipinski definition) is 1. The standard InChI is InChI=1S/C22H18ClFN2OS/c1-14-10-16(15-4-7-20(24)8-5-15)2-3-17(14)13-25-28(27)22-12-18-11-19(23)6-9-21(18)26-22/h2-12,25-26H,13H2,1H3. The van der Waals surface area contributed by atoms with E-state index in [0.717, 1.165) is 33.2 Å². The van der Waals surface area contributed by atoms with Gasteiger partial charge in [-0.05, 0) is 65.6 Å². The molecule has 1 unspecified atom stereocenters. The molecule has 0 aliphatic carbocycles. The molecule has 1 atom stereocenters. The molecule has 142 valence electrons. The minimum Gasteiger partial charge on any atom is -0.347 e. The van der Waals surface area contributed by atoms with Crippen LogP contribution in [0.1, 0.15) is 11.1 Å². The normalized spacial score (nSPS) is 12.4. The van der Waals surface area contributed by atoms with Gasteiger partial charge in [0.25, 0.3) is 0 Å². The minimum absolute atomic E-state index is 0.247. The molecule has 2 N–H and O–H groups in total. The third-order valence-corrected chi connectivity index (χ3v) is 5.93. The van der Waals surface area contributed by atoms with Gasteiger partial charge >= 0.3 is 0 Å². The van der Waals surface area contributed by atoms with Crippen LogP contribution in [0.25, 0.3) is 22.0 Å². The zero-order valence-corrected chi connectivity index (χ0v) is 16.7. The van der Waals surface area contributed by atoms with E-state index in [9.17, 15) is 8.60 Å². The average molecular weight is 413 g/mol. The first-order chi connectivity index (χ1) is 13.5. The van der Waals surface area contributed by atoms with Gasteiger partial charge in [0.2, 0.25) is 0 Å². The molecule has 0 aliphatic heterocycles. The molecule has 4 aromatic rings. The molecule has 0 saturated heterocycles. The second-order valence-electron chi connectivity index (χ2n) is 6.60. The van der Waals surface area contributed by atoms with Gasteiger partial charge in [-0.15, -0.1) is 0 Å². The Morgan fingerprint density at radius 2 is 1.75 bits per heavy atom. The predicted octanol–water partition coefficient (Wildman–Crippen LogP) is 5.75. The van der Waals surface area contributed by atoms with Gasteiger partial charge in [-0.2, -0.15) is 0 Å². The van der Waals surface area contributed by atoms with Crippen LogP contribution in [0.4, 0.5) is 4.39 Å². The molecule has 0 spiro atoms. The van der Waals surface area contributed by atoms with E-state index in [0.29, 0.717) is 16.6 Å². The number of nitrogens with one attached hydrogen (secondary N) is 2. The van der Waals surface area contributed by atoms with Crippen molar-refractivity contribution in [1.82, 2.24) is 9.71 Å². The molecule has 1 aromatic heterocycles. The van der Waals surface area contributed by atoms with Crippen LogP contribution < -0.4 is 4.72 Å². The summed E-state index contributed by atoms with van der Waals surface area (Å²) in [6, 6.07) is 19.8. The maximum absolute atomic E-state index is 13.1. The van der Waals surface area contributed by atoms with Crippen molar-refractivity contribution in [2.75, 3.05) is 0 Å². The molecule has 0 fully saturated rings. The Kier molecular flexibility index (Phi) is 5.31. The Hall–Kier alpha value is -2.47. The smallest absolute Gasteiger partial charge is 0.142 e. The Balaban J connectivity index is 1.47. The number of halogens is 2. The Labute approximate surface area is 170 Å². The summed E-state index contributed by atoms with van der Waals surface area (Å²) in [7, 11) is -1.37. The second-order valence-corrected chi connectivity index (χ2v) is 8.31. The molecule has 0 radical (unpaired) electrons. The molecule has 0 saturated carbocycles. The lowest BCUT2D eigenvalue weighted by molar-refractivity contribution is 0.628. The average Bonchev–Trinajstić information content (AvgIpc) is 3.10. The highest BCUT2D eigenvalue weighted by Crippen LogP contribution is 2.24.